The molecule has 0 saturated heterocycles. The Balaban J connectivity index is 2.89. The third-order valence-electron chi connectivity index (χ3n) is 2.71. The van der Waals surface area contributed by atoms with Gasteiger partial charge < -0.3 is 4.74 Å². The van der Waals surface area contributed by atoms with E-state index in [9.17, 15) is 8.42 Å². The highest BCUT2D eigenvalue weighted by Crippen LogP contribution is 2.16. The predicted octanol–water partition coefficient (Wildman–Crippen LogP) is 2.02. The average molecular weight is 257 g/mol. The van der Waals surface area contributed by atoms with Crippen molar-refractivity contribution in [1.29, 1.82) is 0 Å². The number of nitrogens with one attached hydrogen (secondary N) is 1. The molecule has 1 N–H and O–H groups in total. The second-order valence-electron chi connectivity index (χ2n) is 4.33. The fraction of sp³-hybridized carbons (Fsp3) is 0.500. The summed E-state index contributed by atoms with van der Waals surface area (Å²) in [5, 5.41) is 0. The van der Waals surface area contributed by atoms with E-state index < -0.39 is 10.0 Å². The Hall–Kier alpha value is -1.07. The molecule has 1 aromatic rings. The fourth-order valence-corrected chi connectivity index (χ4v) is 2.60. The highest BCUT2D eigenvalue weighted by molar-refractivity contribution is 7.89. The molecular weight excluding hydrogens is 238 g/mol. The maximum absolute atomic E-state index is 12.0. The minimum absolute atomic E-state index is 0.0953. The molecule has 0 amide bonds. The molecule has 1 aromatic carbocycles. The number of benzene rings is 1. The Morgan fingerprint density at radius 3 is 2.06 bits per heavy atom. The molecule has 5 heteroatoms. The van der Waals surface area contributed by atoms with Gasteiger partial charge in [0, 0.05) is 6.04 Å². The van der Waals surface area contributed by atoms with Crippen LogP contribution in [0.4, 0.5) is 0 Å². The molecule has 96 valence electrons. The number of ether oxygens (including phenoxy) is 1. The van der Waals surface area contributed by atoms with Crippen LogP contribution in [0.15, 0.2) is 29.2 Å². The molecule has 0 aliphatic rings. The van der Waals surface area contributed by atoms with Crippen molar-refractivity contribution in [1.82, 2.24) is 4.72 Å². The first-order valence-corrected chi connectivity index (χ1v) is 7.01. The van der Waals surface area contributed by atoms with Crippen molar-refractivity contribution in [2.75, 3.05) is 7.11 Å². The van der Waals surface area contributed by atoms with Crippen molar-refractivity contribution in [3.8, 4) is 5.75 Å². The van der Waals surface area contributed by atoms with E-state index in [0.717, 1.165) is 0 Å². The quantitative estimate of drug-likeness (QED) is 0.878. The van der Waals surface area contributed by atoms with Crippen LogP contribution in [0.3, 0.4) is 0 Å². The lowest BCUT2D eigenvalue weighted by atomic mass is 10.1. The van der Waals surface area contributed by atoms with Crippen molar-refractivity contribution < 1.29 is 13.2 Å². The molecule has 1 atom stereocenters. The van der Waals surface area contributed by atoms with E-state index >= 15 is 0 Å². The van der Waals surface area contributed by atoms with Gasteiger partial charge in [-0.05, 0) is 37.1 Å². The van der Waals surface area contributed by atoms with E-state index in [1.54, 1.807) is 19.2 Å². The van der Waals surface area contributed by atoms with Gasteiger partial charge in [-0.2, -0.15) is 0 Å². The topological polar surface area (TPSA) is 55.4 Å². The van der Waals surface area contributed by atoms with E-state index in [0.29, 0.717) is 5.75 Å². The molecule has 0 unspecified atom stereocenters. The van der Waals surface area contributed by atoms with Crippen molar-refractivity contribution in [2.24, 2.45) is 5.92 Å². The van der Waals surface area contributed by atoms with Gasteiger partial charge in [-0.15, -0.1) is 0 Å². The van der Waals surface area contributed by atoms with Crippen LogP contribution in [-0.2, 0) is 10.0 Å². The minimum atomic E-state index is -3.44. The summed E-state index contributed by atoms with van der Waals surface area (Å²) in [6, 6.07) is 6.24. The molecule has 0 aliphatic heterocycles. The molecule has 4 nitrogen and oxygen atoms in total. The molecule has 0 radical (unpaired) electrons. The van der Waals surface area contributed by atoms with Gasteiger partial charge in [0.1, 0.15) is 5.75 Å². The van der Waals surface area contributed by atoms with Crippen molar-refractivity contribution in [2.45, 2.75) is 31.7 Å². The van der Waals surface area contributed by atoms with Crippen LogP contribution in [0.5, 0.6) is 5.75 Å². The molecule has 0 spiro atoms. The van der Waals surface area contributed by atoms with Gasteiger partial charge in [0.15, 0.2) is 0 Å². The molecule has 17 heavy (non-hydrogen) atoms. The third-order valence-corrected chi connectivity index (χ3v) is 4.29. The minimum Gasteiger partial charge on any atom is -0.497 e. The summed E-state index contributed by atoms with van der Waals surface area (Å²) in [6.07, 6.45) is 0. The van der Waals surface area contributed by atoms with Crippen molar-refractivity contribution in [3.05, 3.63) is 24.3 Å². The Morgan fingerprint density at radius 2 is 1.65 bits per heavy atom. The van der Waals surface area contributed by atoms with Gasteiger partial charge in [-0.3, -0.25) is 0 Å². The maximum atomic E-state index is 12.0. The molecule has 0 aromatic heterocycles. The molecule has 0 saturated carbocycles. The highest BCUT2D eigenvalue weighted by atomic mass is 32.2. The first-order valence-electron chi connectivity index (χ1n) is 5.53. The molecule has 1 rings (SSSR count). The van der Waals surface area contributed by atoms with Crippen molar-refractivity contribution >= 4 is 10.0 Å². The fourth-order valence-electron chi connectivity index (χ4n) is 1.20. The van der Waals surface area contributed by atoms with Gasteiger partial charge in [0.25, 0.3) is 0 Å². The number of sulfonamides is 1. The second kappa shape index (κ2) is 5.51. The summed E-state index contributed by atoms with van der Waals surface area (Å²) >= 11 is 0. The normalized spacial score (nSPS) is 13.7. The average Bonchev–Trinajstić information content (AvgIpc) is 2.28. The number of hydrogen-bond acceptors (Lipinski definition) is 3. The second-order valence-corrected chi connectivity index (χ2v) is 6.04. The molecular formula is C12H19NO3S. The largest absolute Gasteiger partial charge is 0.497 e. The number of rotatable bonds is 5. The van der Waals surface area contributed by atoms with Gasteiger partial charge in [-0.25, -0.2) is 13.1 Å². The smallest absolute Gasteiger partial charge is 0.240 e. The van der Waals surface area contributed by atoms with E-state index in [1.165, 1.54) is 12.1 Å². The zero-order chi connectivity index (χ0) is 13.1. The predicted molar refractivity (Wildman–Crippen MR) is 67.6 cm³/mol. The number of hydrogen-bond donors (Lipinski definition) is 1. The summed E-state index contributed by atoms with van der Waals surface area (Å²) in [5.74, 6) is 0.892. The lowest BCUT2D eigenvalue weighted by Gasteiger charge is -2.17. The van der Waals surface area contributed by atoms with Gasteiger partial charge >= 0.3 is 0 Å². The lowest BCUT2D eigenvalue weighted by molar-refractivity contribution is 0.414. The summed E-state index contributed by atoms with van der Waals surface area (Å²) in [5.41, 5.74) is 0. The Kier molecular flexibility index (Phi) is 4.54. The Morgan fingerprint density at radius 1 is 1.12 bits per heavy atom. The van der Waals surface area contributed by atoms with E-state index in [2.05, 4.69) is 4.72 Å². The van der Waals surface area contributed by atoms with Gasteiger partial charge in [0.2, 0.25) is 10.0 Å². The van der Waals surface area contributed by atoms with Crippen molar-refractivity contribution in [3.63, 3.8) is 0 Å². The lowest BCUT2D eigenvalue weighted by Crippen LogP contribution is -2.36. The standard InChI is InChI=1S/C12H19NO3S/c1-9(2)10(3)13-17(14,15)12-7-5-11(16-4)6-8-12/h5-10,13H,1-4H3/t10-/m0/s1. The van der Waals surface area contributed by atoms with Crippen LogP contribution in [0, 0.1) is 5.92 Å². The van der Waals surface area contributed by atoms with Crippen LogP contribution in [0.2, 0.25) is 0 Å². The van der Waals surface area contributed by atoms with Crippen LogP contribution >= 0.6 is 0 Å². The summed E-state index contributed by atoms with van der Waals surface area (Å²) in [6.45, 7) is 5.80. The Labute approximate surface area is 103 Å². The third kappa shape index (κ3) is 3.71. The SMILES string of the molecule is COc1ccc(S(=O)(=O)N[C@@H](C)C(C)C)cc1. The van der Waals surface area contributed by atoms with Crippen LogP contribution in [-0.4, -0.2) is 21.6 Å². The maximum Gasteiger partial charge on any atom is 0.240 e. The molecule has 0 heterocycles. The molecule has 0 aliphatic carbocycles. The van der Waals surface area contributed by atoms with E-state index in [1.807, 2.05) is 20.8 Å². The number of methoxy groups -OCH3 is 1. The zero-order valence-electron chi connectivity index (χ0n) is 10.6. The Bertz CT molecular complexity index is 451. The first-order chi connectivity index (χ1) is 7.86. The highest BCUT2D eigenvalue weighted by Gasteiger charge is 2.18. The van der Waals surface area contributed by atoms with Crippen LogP contribution < -0.4 is 9.46 Å². The molecule has 0 bridgehead atoms. The van der Waals surface area contributed by atoms with Crippen LogP contribution in [0.1, 0.15) is 20.8 Å². The molecule has 0 fully saturated rings. The van der Waals surface area contributed by atoms with Crippen LogP contribution in [0.25, 0.3) is 0 Å². The summed E-state index contributed by atoms with van der Waals surface area (Å²) < 4.78 is 31.6. The summed E-state index contributed by atoms with van der Waals surface area (Å²) in [7, 11) is -1.89. The zero-order valence-corrected chi connectivity index (χ0v) is 11.4. The monoisotopic (exact) mass is 257 g/mol. The summed E-state index contributed by atoms with van der Waals surface area (Å²) in [4.78, 5) is 0.255. The van der Waals surface area contributed by atoms with Gasteiger partial charge in [-0.1, -0.05) is 13.8 Å². The van der Waals surface area contributed by atoms with Gasteiger partial charge in [0.05, 0.1) is 12.0 Å². The first kappa shape index (κ1) is 14.0. The van der Waals surface area contributed by atoms with E-state index in [-0.39, 0.29) is 16.9 Å². The van der Waals surface area contributed by atoms with E-state index in [4.69, 9.17) is 4.74 Å².